The Kier molecular flexibility index (Phi) is 5.26. The maximum atomic E-state index is 5.63. The molecule has 100 valence electrons. The molecule has 0 aromatic carbocycles. The summed E-state index contributed by atoms with van der Waals surface area (Å²) in [7, 11) is 1.81. The fourth-order valence-corrected chi connectivity index (χ4v) is 3.03. The number of rotatable bonds is 5. The number of nitrogens with one attached hydrogen (secondary N) is 1. The highest BCUT2D eigenvalue weighted by Gasteiger charge is 2.34. The molecule has 2 fully saturated rings. The normalized spacial score (nSPS) is 31.6. The zero-order valence-electron chi connectivity index (χ0n) is 11.2. The van der Waals surface area contributed by atoms with Crippen LogP contribution >= 0.6 is 0 Å². The van der Waals surface area contributed by atoms with Gasteiger partial charge in [0.05, 0.1) is 6.61 Å². The first kappa shape index (κ1) is 13.3. The van der Waals surface area contributed by atoms with Gasteiger partial charge < -0.3 is 14.8 Å². The summed E-state index contributed by atoms with van der Waals surface area (Å²) in [6, 6.07) is 0. The predicted octanol–water partition coefficient (Wildman–Crippen LogP) is 2.35. The van der Waals surface area contributed by atoms with E-state index in [1.807, 2.05) is 7.11 Å². The van der Waals surface area contributed by atoms with E-state index in [-0.39, 0.29) is 5.60 Å². The van der Waals surface area contributed by atoms with E-state index in [1.54, 1.807) is 0 Å². The maximum Gasteiger partial charge on any atom is 0.106 e. The van der Waals surface area contributed by atoms with Crippen molar-refractivity contribution in [3.05, 3.63) is 0 Å². The molecule has 1 aliphatic carbocycles. The van der Waals surface area contributed by atoms with Crippen LogP contribution in [0.15, 0.2) is 0 Å². The van der Waals surface area contributed by atoms with Gasteiger partial charge in [-0.15, -0.1) is 0 Å². The Morgan fingerprint density at radius 2 is 2.00 bits per heavy atom. The molecule has 2 rings (SSSR count). The van der Waals surface area contributed by atoms with E-state index in [4.69, 9.17) is 9.47 Å². The lowest BCUT2D eigenvalue weighted by Gasteiger charge is -2.27. The standard InChI is InChI=1S/C14H27NO2/c1-16-14(8-9-17-12-14)11-15-10-13-6-4-2-3-5-7-13/h13,15H,2-12H2,1H3. The van der Waals surface area contributed by atoms with Crippen molar-refractivity contribution >= 4 is 0 Å². The largest absolute Gasteiger partial charge is 0.378 e. The van der Waals surface area contributed by atoms with Gasteiger partial charge in [0.2, 0.25) is 0 Å². The lowest BCUT2D eigenvalue weighted by molar-refractivity contribution is -0.0162. The highest BCUT2D eigenvalue weighted by molar-refractivity contribution is 4.87. The summed E-state index contributed by atoms with van der Waals surface area (Å²) >= 11 is 0. The van der Waals surface area contributed by atoms with E-state index < -0.39 is 0 Å². The quantitative estimate of drug-likeness (QED) is 0.750. The van der Waals surface area contributed by atoms with Gasteiger partial charge in [-0.25, -0.2) is 0 Å². The van der Waals surface area contributed by atoms with Crippen LogP contribution in [0.4, 0.5) is 0 Å². The lowest BCUT2D eigenvalue weighted by Crippen LogP contribution is -2.44. The number of ether oxygens (including phenoxy) is 2. The predicted molar refractivity (Wildman–Crippen MR) is 69.2 cm³/mol. The van der Waals surface area contributed by atoms with Gasteiger partial charge in [0.25, 0.3) is 0 Å². The van der Waals surface area contributed by atoms with Crippen molar-refractivity contribution in [1.29, 1.82) is 0 Å². The van der Waals surface area contributed by atoms with Gasteiger partial charge >= 0.3 is 0 Å². The number of methoxy groups -OCH3 is 1. The SMILES string of the molecule is COC1(CNCC2CCCCCC2)CCOC1. The van der Waals surface area contributed by atoms with Crippen LogP contribution in [0.5, 0.6) is 0 Å². The molecular weight excluding hydrogens is 214 g/mol. The summed E-state index contributed by atoms with van der Waals surface area (Å²) in [5, 5.41) is 3.61. The lowest BCUT2D eigenvalue weighted by atomic mass is 9.99. The Hall–Kier alpha value is -0.120. The van der Waals surface area contributed by atoms with Crippen LogP contribution in [0, 0.1) is 5.92 Å². The van der Waals surface area contributed by atoms with E-state index in [9.17, 15) is 0 Å². The van der Waals surface area contributed by atoms with Gasteiger partial charge in [-0.2, -0.15) is 0 Å². The van der Waals surface area contributed by atoms with Crippen molar-refractivity contribution in [2.75, 3.05) is 33.4 Å². The van der Waals surface area contributed by atoms with Crippen LogP contribution in [0.25, 0.3) is 0 Å². The molecule has 0 radical (unpaired) electrons. The average Bonchev–Trinajstić information content (AvgIpc) is 2.67. The van der Waals surface area contributed by atoms with Crippen LogP contribution in [0.2, 0.25) is 0 Å². The highest BCUT2D eigenvalue weighted by Crippen LogP contribution is 2.24. The molecule has 0 amide bonds. The van der Waals surface area contributed by atoms with Crippen LogP contribution in [-0.2, 0) is 9.47 Å². The number of hydrogen-bond acceptors (Lipinski definition) is 3. The van der Waals surface area contributed by atoms with E-state index in [1.165, 1.54) is 38.5 Å². The summed E-state index contributed by atoms with van der Waals surface area (Å²) in [5.74, 6) is 0.883. The van der Waals surface area contributed by atoms with Crippen molar-refractivity contribution in [3.63, 3.8) is 0 Å². The van der Waals surface area contributed by atoms with Gasteiger partial charge in [0.1, 0.15) is 5.60 Å². The van der Waals surface area contributed by atoms with Gasteiger partial charge in [-0.1, -0.05) is 25.7 Å². The molecule has 2 aliphatic rings. The van der Waals surface area contributed by atoms with Crippen LogP contribution in [0.3, 0.4) is 0 Å². The molecule has 1 unspecified atom stereocenters. The Bertz CT molecular complexity index is 206. The monoisotopic (exact) mass is 241 g/mol. The fourth-order valence-electron chi connectivity index (χ4n) is 3.03. The first-order valence-corrected chi connectivity index (χ1v) is 7.18. The third-order valence-electron chi connectivity index (χ3n) is 4.36. The van der Waals surface area contributed by atoms with E-state index in [2.05, 4.69) is 5.32 Å². The van der Waals surface area contributed by atoms with Crippen molar-refractivity contribution in [3.8, 4) is 0 Å². The van der Waals surface area contributed by atoms with E-state index in [0.717, 1.165) is 38.6 Å². The summed E-state index contributed by atoms with van der Waals surface area (Å²) in [6.07, 6.45) is 9.56. The zero-order valence-corrected chi connectivity index (χ0v) is 11.2. The van der Waals surface area contributed by atoms with Crippen molar-refractivity contribution in [2.24, 2.45) is 5.92 Å². The summed E-state index contributed by atoms with van der Waals surface area (Å²) in [4.78, 5) is 0. The van der Waals surface area contributed by atoms with Crippen LogP contribution in [-0.4, -0.2) is 39.0 Å². The van der Waals surface area contributed by atoms with Gasteiger partial charge in [0.15, 0.2) is 0 Å². The fraction of sp³-hybridized carbons (Fsp3) is 1.00. The van der Waals surface area contributed by atoms with Crippen molar-refractivity contribution in [1.82, 2.24) is 5.32 Å². The molecule has 1 atom stereocenters. The Balaban J connectivity index is 1.67. The van der Waals surface area contributed by atoms with E-state index >= 15 is 0 Å². The molecule has 1 aliphatic heterocycles. The summed E-state index contributed by atoms with van der Waals surface area (Å²) < 4.78 is 11.1. The molecule has 3 nitrogen and oxygen atoms in total. The Morgan fingerprint density at radius 3 is 2.59 bits per heavy atom. The molecule has 0 spiro atoms. The minimum absolute atomic E-state index is 0.0509. The molecule has 0 aromatic rings. The third-order valence-corrected chi connectivity index (χ3v) is 4.36. The summed E-state index contributed by atoms with van der Waals surface area (Å²) in [6.45, 7) is 3.70. The summed E-state index contributed by atoms with van der Waals surface area (Å²) in [5.41, 5.74) is -0.0509. The molecular formula is C14H27NO2. The van der Waals surface area contributed by atoms with Crippen molar-refractivity contribution < 1.29 is 9.47 Å². The molecule has 0 aromatic heterocycles. The second-order valence-corrected chi connectivity index (χ2v) is 5.68. The maximum absolute atomic E-state index is 5.63. The van der Waals surface area contributed by atoms with Crippen LogP contribution < -0.4 is 5.32 Å². The number of hydrogen-bond donors (Lipinski definition) is 1. The van der Waals surface area contributed by atoms with Crippen molar-refractivity contribution in [2.45, 2.75) is 50.5 Å². The molecule has 1 N–H and O–H groups in total. The van der Waals surface area contributed by atoms with Gasteiger partial charge in [-0.05, 0) is 25.3 Å². The smallest absolute Gasteiger partial charge is 0.106 e. The molecule has 0 bridgehead atoms. The molecule has 3 heteroatoms. The zero-order chi connectivity index (χ0) is 12.0. The Morgan fingerprint density at radius 1 is 1.24 bits per heavy atom. The molecule has 1 saturated heterocycles. The Labute approximate surface area is 105 Å². The minimum atomic E-state index is -0.0509. The van der Waals surface area contributed by atoms with E-state index in [0.29, 0.717) is 0 Å². The van der Waals surface area contributed by atoms with Gasteiger partial charge in [-0.3, -0.25) is 0 Å². The molecule has 1 heterocycles. The first-order valence-electron chi connectivity index (χ1n) is 7.18. The molecule has 1 saturated carbocycles. The van der Waals surface area contributed by atoms with Crippen LogP contribution in [0.1, 0.15) is 44.9 Å². The first-order chi connectivity index (χ1) is 8.35. The second-order valence-electron chi connectivity index (χ2n) is 5.68. The second kappa shape index (κ2) is 6.72. The minimum Gasteiger partial charge on any atom is -0.378 e. The third kappa shape index (κ3) is 3.94. The average molecular weight is 241 g/mol. The van der Waals surface area contributed by atoms with Gasteiger partial charge in [0, 0.05) is 26.7 Å². The topological polar surface area (TPSA) is 30.5 Å². The highest BCUT2D eigenvalue weighted by atomic mass is 16.5. The molecule has 17 heavy (non-hydrogen) atoms.